The van der Waals surface area contributed by atoms with Crippen molar-refractivity contribution in [2.45, 2.75) is 52.6 Å². The van der Waals surface area contributed by atoms with Gasteiger partial charge >= 0.3 is 0 Å². The van der Waals surface area contributed by atoms with Gasteiger partial charge in [-0.15, -0.1) is 0 Å². The Morgan fingerprint density at radius 2 is 1.47 bits per heavy atom. The normalized spacial score (nSPS) is 10.5. The lowest BCUT2D eigenvalue weighted by Gasteiger charge is -2.25. The number of aliphatic hydroxyl groups is 1. The Balaban J connectivity index is 0.000000921. The minimum atomic E-state index is -0.513. The van der Waals surface area contributed by atoms with E-state index in [-0.39, 0.29) is 0 Å². The predicted octanol–water partition coefficient (Wildman–Crippen LogP) is 3.81. The van der Waals surface area contributed by atoms with Crippen molar-refractivity contribution in [2.75, 3.05) is 0 Å². The molecule has 1 aromatic carbocycles. The van der Waals surface area contributed by atoms with Crippen LogP contribution in [-0.4, -0.2) is 10.7 Å². The van der Waals surface area contributed by atoms with E-state index in [9.17, 15) is 5.11 Å². The molecule has 1 rings (SSSR count). The Hall–Kier alpha value is -0.820. The molecule has 1 nitrogen and oxygen atoms in total. The fourth-order valence-electron chi connectivity index (χ4n) is 1.48. The summed E-state index contributed by atoms with van der Waals surface area (Å²) in [4.78, 5) is 0. The third kappa shape index (κ3) is 4.98. The SMILES string of the molecule is CC.CCC(O)(CC)Cc1ccccc1. The molecule has 86 valence electrons. The van der Waals surface area contributed by atoms with E-state index in [2.05, 4.69) is 12.1 Å². The Labute approximate surface area is 94.2 Å². The minimum absolute atomic E-state index is 0.513. The molecule has 1 aromatic rings. The van der Waals surface area contributed by atoms with Crippen LogP contribution in [0.2, 0.25) is 0 Å². The van der Waals surface area contributed by atoms with Gasteiger partial charge in [0.1, 0.15) is 0 Å². The highest BCUT2D eigenvalue weighted by Crippen LogP contribution is 2.20. The van der Waals surface area contributed by atoms with Gasteiger partial charge in [-0.2, -0.15) is 0 Å². The van der Waals surface area contributed by atoms with E-state index in [0.717, 1.165) is 19.3 Å². The van der Waals surface area contributed by atoms with Crippen LogP contribution >= 0.6 is 0 Å². The zero-order chi connectivity index (χ0) is 11.7. The molecule has 15 heavy (non-hydrogen) atoms. The molecule has 1 N–H and O–H groups in total. The van der Waals surface area contributed by atoms with Crippen molar-refractivity contribution < 1.29 is 5.11 Å². The molecule has 0 aliphatic rings. The lowest BCUT2D eigenvalue weighted by atomic mass is 9.90. The van der Waals surface area contributed by atoms with E-state index in [4.69, 9.17) is 0 Å². The molecule has 0 aliphatic heterocycles. The molecule has 0 fully saturated rings. The van der Waals surface area contributed by atoms with Crippen molar-refractivity contribution in [1.82, 2.24) is 0 Å². The molecule has 0 amide bonds. The lowest BCUT2D eigenvalue weighted by molar-refractivity contribution is 0.0326. The lowest BCUT2D eigenvalue weighted by Crippen LogP contribution is -2.29. The van der Waals surface area contributed by atoms with Gasteiger partial charge in [0.05, 0.1) is 5.60 Å². The van der Waals surface area contributed by atoms with Crippen LogP contribution in [0, 0.1) is 0 Å². The summed E-state index contributed by atoms with van der Waals surface area (Å²) in [5.41, 5.74) is 0.704. The quantitative estimate of drug-likeness (QED) is 0.797. The van der Waals surface area contributed by atoms with Gasteiger partial charge in [-0.3, -0.25) is 0 Å². The summed E-state index contributed by atoms with van der Waals surface area (Å²) >= 11 is 0. The zero-order valence-electron chi connectivity index (χ0n) is 10.5. The smallest absolute Gasteiger partial charge is 0.0682 e. The van der Waals surface area contributed by atoms with Crippen molar-refractivity contribution in [1.29, 1.82) is 0 Å². The molecule has 0 saturated carbocycles. The van der Waals surface area contributed by atoms with Crippen molar-refractivity contribution in [2.24, 2.45) is 0 Å². The number of rotatable bonds is 4. The monoisotopic (exact) mass is 208 g/mol. The van der Waals surface area contributed by atoms with Crippen LogP contribution in [0.25, 0.3) is 0 Å². The van der Waals surface area contributed by atoms with Gasteiger partial charge in [-0.1, -0.05) is 58.0 Å². The maximum absolute atomic E-state index is 10.1. The van der Waals surface area contributed by atoms with Gasteiger partial charge in [0.25, 0.3) is 0 Å². The first-order valence-corrected chi connectivity index (χ1v) is 5.96. The van der Waals surface area contributed by atoms with Crippen LogP contribution in [0.15, 0.2) is 30.3 Å². The maximum atomic E-state index is 10.1. The highest BCUT2D eigenvalue weighted by Gasteiger charge is 2.21. The topological polar surface area (TPSA) is 20.2 Å². The van der Waals surface area contributed by atoms with Crippen molar-refractivity contribution in [3.05, 3.63) is 35.9 Å². The van der Waals surface area contributed by atoms with Gasteiger partial charge in [0.2, 0.25) is 0 Å². The molecule has 0 heterocycles. The number of benzene rings is 1. The van der Waals surface area contributed by atoms with Gasteiger partial charge in [-0.05, 0) is 18.4 Å². The standard InChI is InChI=1S/C12H18O.C2H6/c1-3-12(13,4-2)10-11-8-6-5-7-9-11;1-2/h5-9,13H,3-4,10H2,1-2H3;1-2H3. The summed E-state index contributed by atoms with van der Waals surface area (Å²) in [6.45, 7) is 8.07. The number of hydrogen-bond acceptors (Lipinski definition) is 1. The molecular weight excluding hydrogens is 184 g/mol. The second kappa shape index (κ2) is 7.47. The Bertz CT molecular complexity index is 237. The minimum Gasteiger partial charge on any atom is -0.390 e. The molecule has 0 bridgehead atoms. The molecular formula is C14H24O. The molecule has 1 heteroatoms. The average molecular weight is 208 g/mol. The van der Waals surface area contributed by atoms with Gasteiger partial charge in [0.15, 0.2) is 0 Å². The second-order valence-electron chi connectivity index (χ2n) is 3.59. The summed E-state index contributed by atoms with van der Waals surface area (Å²) < 4.78 is 0. The Morgan fingerprint density at radius 1 is 1.00 bits per heavy atom. The summed E-state index contributed by atoms with van der Waals surface area (Å²) in [5, 5.41) is 10.1. The molecule has 0 saturated heterocycles. The van der Waals surface area contributed by atoms with E-state index in [1.807, 2.05) is 45.9 Å². The van der Waals surface area contributed by atoms with Crippen LogP contribution in [0.3, 0.4) is 0 Å². The van der Waals surface area contributed by atoms with E-state index in [1.165, 1.54) is 5.56 Å². The summed E-state index contributed by atoms with van der Waals surface area (Å²) in [6, 6.07) is 10.2. The van der Waals surface area contributed by atoms with Gasteiger partial charge < -0.3 is 5.11 Å². The fourth-order valence-corrected chi connectivity index (χ4v) is 1.48. The molecule has 0 spiro atoms. The predicted molar refractivity (Wildman–Crippen MR) is 67.0 cm³/mol. The first kappa shape index (κ1) is 14.2. The van der Waals surface area contributed by atoms with Crippen LogP contribution in [-0.2, 0) is 6.42 Å². The largest absolute Gasteiger partial charge is 0.390 e. The van der Waals surface area contributed by atoms with E-state index >= 15 is 0 Å². The van der Waals surface area contributed by atoms with E-state index in [1.54, 1.807) is 0 Å². The zero-order valence-corrected chi connectivity index (χ0v) is 10.5. The number of hydrogen-bond donors (Lipinski definition) is 1. The van der Waals surface area contributed by atoms with E-state index in [0.29, 0.717) is 0 Å². The molecule has 0 aromatic heterocycles. The van der Waals surface area contributed by atoms with Crippen LogP contribution in [0.4, 0.5) is 0 Å². The third-order valence-electron chi connectivity index (χ3n) is 2.69. The van der Waals surface area contributed by atoms with Crippen molar-refractivity contribution >= 4 is 0 Å². The highest BCUT2D eigenvalue weighted by molar-refractivity contribution is 5.16. The third-order valence-corrected chi connectivity index (χ3v) is 2.69. The van der Waals surface area contributed by atoms with Crippen LogP contribution in [0.1, 0.15) is 46.1 Å². The summed E-state index contributed by atoms with van der Waals surface area (Å²) in [7, 11) is 0. The summed E-state index contributed by atoms with van der Waals surface area (Å²) in [5.74, 6) is 0. The highest BCUT2D eigenvalue weighted by atomic mass is 16.3. The molecule has 0 unspecified atom stereocenters. The molecule has 0 radical (unpaired) electrons. The average Bonchev–Trinajstić information content (AvgIpc) is 2.33. The van der Waals surface area contributed by atoms with Crippen LogP contribution in [0.5, 0.6) is 0 Å². The van der Waals surface area contributed by atoms with Gasteiger partial charge in [0, 0.05) is 6.42 Å². The van der Waals surface area contributed by atoms with Crippen molar-refractivity contribution in [3.8, 4) is 0 Å². The first-order valence-electron chi connectivity index (χ1n) is 5.96. The summed E-state index contributed by atoms with van der Waals surface area (Å²) in [6.07, 6.45) is 2.40. The fraction of sp³-hybridized carbons (Fsp3) is 0.571. The Kier molecular flexibility index (Phi) is 7.06. The maximum Gasteiger partial charge on any atom is 0.0682 e. The molecule has 0 aliphatic carbocycles. The second-order valence-corrected chi connectivity index (χ2v) is 3.59. The van der Waals surface area contributed by atoms with Crippen molar-refractivity contribution in [3.63, 3.8) is 0 Å². The van der Waals surface area contributed by atoms with Crippen LogP contribution < -0.4 is 0 Å². The van der Waals surface area contributed by atoms with Gasteiger partial charge in [-0.25, -0.2) is 0 Å². The first-order chi connectivity index (χ1) is 7.20. The Morgan fingerprint density at radius 3 is 1.87 bits per heavy atom. The van der Waals surface area contributed by atoms with E-state index < -0.39 is 5.60 Å². The molecule has 0 atom stereocenters.